The molecule has 2 aromatic heterocycles. The summed E-state index contributed by atoms with van der Waals surface area (Å²) in [7, 11) is 5.23. The molecule has 0 saturated carbocycles. The smallest absolute Gasteiger partial charge is 0.251 e. The summed E-state index contributed by atoms with van der Waals surface area (Å²) in [6.07, 6.45) is 4.23. The largest absolute Gasteiger partial charge is 0.493 e. The maximum absolute atomic E-state index is 12.6. The minimum absolute atomic E-state index is 0.136. The molecule has 10 heteroatoms. The van der Waals surface area contributed by atoms with Gasteiger partial charge >= 0.3 is 0 Å². The summed E-state index contributed by atoms with van der Waals surface area (Å²) in [6.45, 7) is 1.15. The summed E-state index contributed by atoms with van der Waals surface area (Å²) in [5.74, 6) is 2.61. The number of carbonyl (C=O) groups is 1. The van der Waals surface area contributed by atoms with Gasteiger partial charge in [0.15, 0.2) is 16.7 Å². The lowest BCUT2D eigenvalue weighted by Crippen LogP contribution is -2.22. The van der Waals surface area contributed by atoms with Gasteiger partial charge in [-0.1, -0.05) is 47.6 Å². The molecular formula is C29H30ClN5O3S. The number of methoxy groups -OCH3 is 2. The van der Waals surface area contributed by atoms with Crippen molar-refractivity contribution in [1.29, 1.82) is 0 Å². The average Bonchev–Trinajstić information content (AvgIpc) is 2.97. The second-order valence-electron chi connectivity index (χ2n) is 8.73. The molecule has 0 atom stereocenters. The maximum Gasteiger partial charge on any atom is 0.251 e. The maximum atomic E-state index is 12.6. The van der Waals surface area contributed by atoms with Gasteiger partial charge in [0, 0.05) is 49.9 Å². The molecule has 8 nitrogen and oxygen atoms in total. The lowest BCUT2D eigenvalue weighted by molar-refractivity contribution is 0.0951. The lowest BCUT2D eigenvalue weighted by Gasteiger charge is -2.19. The number of likely N-dealkylation sites (N-methyl/N-ethyl adjacent to an activating group) is 1. The molecule has 39 heavy (non-hydrogen) atoms. The van der Waals surface area contributed by atoms with Crippen LogP contribution in [0.25, 0.3) is 0 Å². The molecule has 0 unspecified atom stereocenters. The van der Waals surface area contributed by atoms with Crippen LogP contribution < -0.4 is 19.7 Å². The van der Waals surface area contributed by atoms with Crippen molar-refractivity contribution in [2.45, 2.75) is 23.9 Å². The van der Waals surface area contributed by atoms with Crippen LogP contribution in [0.1, 0.15) is 27.0 Å². The molecule has 1 N–H and O–H groups in total. The van der Waals surface area contributed by atoms with E-state index in [1.54, 1.807) is 38.7 Å². The number of nitrogens with one attached hydrogen (secondary N) is 1. The molecule has 0 aliphatic rings. The number of hydrogen-bond acceptors (Lipinski definition) is 8. The van der Waals surface area contributed by atoms with Crippen molar-refractivity contribution in [3.63, 3.8) is 0 Å². The molecule has 0 radical (unpaired) electrons. The predicted molar refractivity (Wildman–Crippen MR) is 155 cm³/mol. The second-order valence-corrected chi connectivity index (χ2v) is 10.1. The van der Waals surface area contributed by atoms with Gasteiger partial charge in [0.05, 0.1) is 14.2 Å². The van der Waals surface area contributed by atoms with Crippen LogP contribution >= 0.6 is 23.4 Å². The monoisotopic (exact) mass is 563 g/mol. The van der Waals surface area contributed by atoms with Gasteiger partial charge in [-0.25, -0.2) is 9.97 Å². The summed E-state index contributed by atoms with van der Waals surface area (Å²) < 4.78 is 10.7. The zero-order valence-corrected chi connectivity index (χ0v) is 23.6. The topological polar surface area (TPSA) is 89.5 Å². The predicted octanol–water partition coefficient (Wildman–Crippen LogP) is 5.44. The van der Waals surface area contributed by atoms with Gasteiger partial charge < -0.3 is 19.7 Å². The third-order valence-corrected chi connectivity index (χ3v) is 7.08. The van der Waals surface area contributed by atoms with E-state index in [1.807, 2.05) is 60.5 Å². The van der Waals surface area contributed by atoms with Crippen LogP contribution in [0.2, 0.25) is 5.15 Å². The van der Waals surface area contributed by atoms with Crippen molar-refractivity contribution in [1.82, 2.24) is 20.3 Å². The Morgan fingerprint density at radius 2 is 1.79 bits per heavy atom. The molecule has 0 bridgehead atoms. The number of halogens is 1. The van der Waals surface area contributed by atoms with E-state index in [-0.39, 0.29) is 5.91 Å². The summed E-state index contributed by atoms with van der Waals surface area (Å²) in [4.78, 5) is 27.9. The third-order valence-electron chi connectivity index (χ3n) is 5.97. The Morgan fingerprint density at radius 1 is 0.974 bits per heavy atom. The van der Waals surface area contributed by atoms with Crippen LogP contribution in [-0.4, -0.2) is 48.7 Å². The Labute approximate surface area is 237 Å². The van der Waals surface area contributed by atoms with Crippen molar-refractivity contribution in [3.05, 3.63) is 100 Å². The highest BCUT2D eigenvalue weighted by Crippen LogP contribution is 2.28. The molecule has 2 heterocycles. The van der Waals surface area contributed by atoms with Crippen LogP contribution in [0.15, 0.2) is 78.2 Å². The number of hydrogen-bond donors (Lipinski definition) is 1. The number of carbonyl (C=O) groups excluding carboxylic acids is 1. The Hall–Kier alpha value is -3.82. The standard InChI is InChI=1S/C29H30ClN5O3S/c1-35(13-11-20-9-10-24(37-2)25(15-20)38-3)27-16-26(30)33-29(34-27)39-19-21-6-4-8-23(14-21)28(36)32-18-22-7-5-12-31-17-22/h4-10,12,14-17H,11,13,18-19H2,1-3H3,(H,32,36). The van der Waals surface area contributed by atoms with Gasteiger partial charge in [0.1, 0.15) is 11.0 Å². The second kappa shape index (κ2) is 13.8. The van der Waals surface area contributed by atoms with Crippen LogP contribution in [-0.2, 0) is 18.7 Å². The van der Waals surface area contributed by atoms with E-state index in [4.69, 9.17) is 26.1 Å². The van der Waals surface area contributed by atoms with Gasteiger partial charge in [-0.15, -0.1) is 0 Å². The summed E-state index contributed by atoms with van der Waals surface area (Å²) >= 11 is 7.81. The third kappa shape index (κ3) is 8.08. The van der Waals surface area contributed by atoms with E-state index in [0.717, 1.165) is 35.5 Å². The molecule has 4 rings (SSSR count). The summed E-state index contributed by atoms with van der Waals surface area (Å²) in [5.41, 5.74) is 3.65. The van der Waals surface area contributed by atoms with Crippen molar-refractivity contribution in [2.24, 2.45) is 0 Å². The fourth-order valence-corrected chi connectivity index (χ4v) is 4.85. The minimum Gasteiger partial charge on any atom is -0.493 e. The molecule has 2 aromatic carbocycles. The molecule has 1 amide bonds. The van der Waals surface area contributed by atoms with Crippen molar-refractivity contribution in [2.75, 3.05) is 32.7 Å². The lowest BCUT2D eigenvalue weighted by atomic mass is 10.1. The van der Waals surface area contributed by atoms with E-state index in [1.165, 1.54) is 11.8 Å². The van der Waals surface area contributed by atoms with E-state index in [9.17, 15) is 4.79 Å². The van der Waals surface area contributed by atoms with Crippen LogP contribution in [0, 0.1) is 0 Å². The number of nitrogens with zero attached hydrogens (tertiary/aromatic N) is 4. The molecule has 202 valence electrons. The molecule has 0 aliphatic heterocycles. The number of anilines is 1. The molecule has 0 fully saturated rings. The highest BCUT2D eigenvalue weighted by atomic mass is 35.5. The minimum atomic E-state index is -0.136. The van der Waals surface area contributed by atoms with E-state index < -0.39 is 0 Å². The quantitative estimate of drug-likeness (QED) is 0.138. The fraction of sp³-hybridized carbons (Fsp3) is 0.241. The number of benzene rings is 2. The van der Waals surface area contributed by atoms with Crippen LogP contribution in [0.5, 0.6) is 11.5 Å². The van der Waals surface area contributed by atoms with Crippen molar-refractivity contribution >= 4 is 35.1 Å². The Balaban J connectivity index is 1.35. The van der Waals surface area contributed by atoms with E-state index in [0.29, 0.717) is 39.7 Å². The first-order chi connectivity index (χ1) is 18.9. The first-order valence-corrected chi connectivity index (χ1v) is 13.7. The number of thioether (sulfide) groups is 1. The number of pyridine rings is 1. The number of ether oxygens (including phenoxy) is 2. The number of amides is 1. The zero-order valence-electron chi connectivity index (χ0n) is 22.1. The molecule has 0 spiro atoms. The molecular weight excluding hydrogens is 534 g/mol. The first kappa shape index (κ1) is 28.2. The fourth-order valence-electron chi connectivity index (χ4n) is 3.83. The van der Waals surface area contributed by atoms with Gasteiger partial charge in [-0.05, 0) is 53.4 Å². The Morgan fingerprint density at radius 3 is 2.56 bits per heavy atom. The van der Waals surface area contributed by atoms with Crippen LogP contribution in [0.3, 0.4) is 0 Å². The SMILES string of the molecule is COc1ccc(CCN(C)c2cc(Cl)nc(SCc3cccc(C(=O)NCc4cccnc4)c3)n2)cc1OC. The highest BCUT2D eigenvalue weighted by Gasteiger charge is 2.12. The van der Waals surface area contributed by atoms with Gasteiger partial charge in [-0.2, -0.15) is 0 Å². The highest BCUT2D eigenvalue weighted by molar-refractivity contribution is 7.98. The molecule has 0 aliphatic carbocycles. The van der Waals surface area contributed by atoms with Crippen molar-refractivity contribution in [3.8, 4) is 11.5 Å². The van der Waals surface area contributed by atoms with Gasteiger partial charge in [-0.3, -0.25) is 9.78 Å². The number of aromatic nitrogens is 3. The molecule has 0 saturated heterocycles. The average molecular weight is 564 g/mol. The Bertz CT molecular complexity index is 1410. The van der Waals surface area contributed by atoms with Crippen molar-refractivity contribution < 1.29 is 14.3 Å². The van der Waals surface area contributed by atoms with E-state index in [2.05, 4.69) is 15.3 Å². The normalized spacial score (nSPS) is 10.7. The Kier molecular flexibility index (Phi) is 9.99. The summed E-state index contributed by atoms with van der Waals surface area (Å²) in [6, 6.07) is 19.0. The van der Waals surface area contributed by atoms with Gasteiger partial charge in [0.25, 0.3) is 5.91 Å². The zero-order chi connectivity index (χ0) is 27.6. The van der Waals surface area contributed by atoms with Gasteiger partial charge in [0.2, 0.25) is 0 Å². The molecule has 4 aromatic rings. The van der Waals surface area contributed by atoms with Crippen LogP contribution in [0.4, 0.5) is 5.82 Å². The summed E-state index contributed by atoms with van der Waals surface area (Å²) in [5, 5.41) is 3.88. The first-order valence-electron chi connectivity index (χ1n) is 12.3. The number of rotatable bonds is 12. The van der Waals surface area contributed by atoms with E-state index >= 15 is 0 Å².